The van der Waals surface area contributed by atoms with Crippen molar-refractivity contribution in [2.75, 3.05) is 13.7 Å². The summed E-state index contributed by atoms with van der Waals surface area (Å²) in [5, 5.41) is 31.9. The number of phenolic OH excluding ortho intramolecular Hbond substituents is 1. The van der Waals surface area contributed by atoms with Crippen molar-refractivity contribution >= 4 is 28.5 Å². The summed E-state index contributed by atoms with van der Waals surface area (Å²) in [6.45, 7) is 1.27. The van der Waals surface area contributed by atoms with Crippen LogP contribution in [-0.4, -0.2) is 41.0 Å². The Kier molecular flexibility index (Phi) is 5.83. The molecule has 0 saturated carbocycles. The minimum Gasteiger partial charge on any atom is -0.504 e. The van der Waals surface area contributed by atoms with Crippen molar-refractivity contribution in [2.45, 2.75) is 19.1 Å². The van der Waals surface area contributed by atoms with Gasteiger partial charge in [-0.25, -0.2) is 0 Å². The number of halogens is 1. The highest BCUT2D eigenvalue weighted by molar-refractivity contribution is 14.1. The number of aromatic hydroxyl groups is 1. The minimum absolute atomic E-state index is 0.0181. The SMILES string of the molecule is COc1cc(C(O)C(O)CNC(C)=O)cc(I)c1O. The Labute approximate surface area is 124 Å². The summed E-state index contributed by atoms with van der Waals surface area (Å²) in [5.41, 5.74) is 0.400. The molecule has 2 unspecified atom stereocenters. The van der Waals surface area contributed by atoms with Crippen LogP contribution in [-0.2, 0) is 4.79 Å². The number of carbonyl (C=O) groups excluding carboxylic acids is 1. The van der Waals surface area contributed by atoms with Gasteiger partial charge in [-0.05, 0) is 40.3 Å². The molecule has 0 aliphatic heterocycles. The minimum atomic E-state index is -1.19. The monoisotopic (exact) mass is 381 g/mol. The second kappa shape index (κ2) is 6.92. The summed E-state index contributed by atoms with van der Waals surface area (Å²) in [5.74, 6) is -0.0906. The third kappa shape index (κ3) is 4.22. The van der Waals surface area contributed by atoms with E-state index in [2.05, 4.69) is 5.32 Å². The summed E-state index contributed by atoms with van der Waals surface area (Å²) in [4.78, 5) is 10.7. The zero-order chi connectivity index (χ0) is 14.6. The Bertz CT molecular complexity index is 466. The van der Waals surface area contributed by atoms with Gasteiger partial charge in [0.1, 0.15) is 12.2 Å². The molecule has 0 heterocycles. The van der Waals surface area contributed by atoms with Gasteiger partial charge >= 0.3 is 0 Å². The molecule has 0 aromatic heterocycles. The maximum absolute atomic E-state index is 10.7. The summed E-state index contributed by atoms with van der Waals surface area (Å²) in [7, 11) is 1.40. The first-order chi connectivity index (χ1) is 8.86. The molecule has 0 spiro atoms. The Morgan fingerprint density at radius 3 is 2.63 bits per heavy atom. The van der Waals surface area contributed by atoms with Crippen LogP contribution >= 0.6 is 22.6 Å². The van der Waals surface area contributed by atoms with E-state index in [0.717, 1.165) is 0 Å². The van der Waals surface area contributed by atoms with E-state index >= 15 is 0 Å². The van der Waals surface area contributed by atoms with Gasteiger partial charge in [-0.3, -0.25) is 4.79 Å². The molecule has 0 fully saturated rings. The molecule has 1 amide bonds. The number of aliphatic hydroxyl groups excluding tert-OH is 2. The highest BCUT2D eigenvalue weighted by Crippen LogP contribution is 2.34. The molecule has 1 rings (SSSR count). The van der Waals surface area contributed by atoms with E-state index in [9.17, 15) is 20.1 Å². The highest BCUT2D eigenvalue weighted by atomic mass is 127. The van der Waals surface area contributed by atoms with Crippen molar-refractivity contribution in [1.82, 2.24) is 5.32 Å². The first kappa shape index (κ1) is 16.0. The normalized spacial score (nSPS) is 13.7. The van der Waals surface area contributed by atoms with Gasteiger partial charge in [-0.15, -0.1) is 0 Å². The lowest BCUT2D eigenvalue weighted by molar-refractivity contribution is -0.119. The lowest BCUT2D eigenvalue weighted by atomic mass is 10.0. The van der Waals surface area contributed by atoms with E-state index in [1.54, 1.807) is 6.07 Å². The molecule has 1 aromatic carbocycles. The molecule has 2 atom stereocenters. The fourth-order valence-corrected chi connectivity index (χ4v) is 2.13. The quantitative estimate of drug-likeness (QED) is 0.558. The van der Waals surface area contributed by atoms with Gasteiger partial charge in [0.2, 0.25) is 5.91 Å². The first-order valence-corrected chi connectivity index (χ1v) is 6.61. The van der Waals surface area contributed by atoms with Crippen LogP contribution in [0.1, 0.15) is 18.6 Å². The average molecular weight is 381 g/mol. The second-order valence-electron chi connectivity index (χ2n) is 4.00. The van der Waals surface area contributed by atoms with E-state index in [-0.39, 0.29) is 24.0 Å². The van der Waals surface area contributed by atoms with Gasteiger partial charge in [-0.2, -0.15) is 0 Å². The van der Waals surface area contributed by atoms with Crippen LogP contribution in [0.5, 0.6) is 11.5 Å². The van der Waals surface area contributed by atoms with Crippen LogP contribution in [0.4, 0.5) is 0 Å². The third-order valence-corrected chi connectivity index (χ3v) is 3.36. The number of benzene rings is 1. The van der Waals surface area contributed by atoms with Crippen LogP contribution in [0, 0.1) is 3.57 Å². The molecule has 1 aromatic rings. The average Bonchev–Trinajstić information content (AvgIpc) is 2.37. The van der Waals surface area contributed by atoms with Crippen LogP contribution in [0.25, 0.3) is 0 Å². The van der Waals surface area contributed by atoms with Crippen molar-refractivity contribution in [3.05, 3.63) is 21.3 Å². The second-order valence-corrected chi connectivity index (χ2v) is 5.17. The largest absolute Gasteiger partial charge is 0.504 e. The number of amides is 1. The van der Waals surface area contributed by atoms with E-state index < -0.39 is 12.2 Å². The summed E-state index contributed by atoms with van der Waals surface area (Å²) >= 11 is 1.90. The highest BCUT2D eigenvalue weighted by Gasteiger charge is 2.21. The molecule has 0 aliphatic carbocycles. The number of hydrogen-bond donors (Lipinski definition) is 4. The third-order valence-electron chi connectivity index (χ3n) is 2.54. The van der Waals surface area contributed by atoms with Crippen molar-refractivity contribution in [3.63, 3.8) is 0 Å². The van der Waals surface area contributed by atoms with E-state index in [1.165, 1.54) is 20.1 Å². The van der Waals surface area contributed by atoms with E-state index in [0.29, 0.717) is 9.13 Å². The van der Waals surface area contributed by atoms with Crippen LogP contribution in [0.3, 0.4) is 0 Å². The molecule has 106 valence electrons. The zero-order valence-corrected chi connectivity index (χ0v) is 12.7. The number of aliphatic hydroxyl groups is 2. The fourth-order valence-electron chi connectivity index (χ4n) is 1.50. The fraction of sp³-hybridized carbons (Fsp3) is 0.417. The van der Waals surface area contributed by atoms with Crippen molar-refractivity contribution in [3.8, 4) is 11.5 Å². The number of phenols is 1. The number of carbonyl (C=O) groups is 1. The Morgan fingerprint density at radius 2 is 2.11 bits per heavy atom. The predicted molar refractivity (Wildman–Crippen MR) is 77.0 cm³/mol. The number of nitrogens with one attached hydrogen (secondary N) is 1. The molecule has 6 nitrogen and oxygen atoms in total. The molecular formula is C12H16INO5. The predicted octanol–water partition coefficient (Wildman–Crippen LogP) is 0.536. The van der Waals surface area contributed by atoms with E-state index in [4.69, 9.17) is 4.74 Å². The Morgan fingerprint density at radius 1 is 1.47 bits per heavy atom. The van der Waals surface area contributed by atoms with E-state index in [1.807, 2.05) is 22.6 Å². The Balaban J connectivity index is 2.90. The van der Waals surface area contributed by atoms with Gasteiger partial charge in [0.05, 0.1) is 10.7 Å². The molecule has 0 bridgehead atoms. The molecule has 19 heavy (non-hydrogen) atoms. The van der Waals surface area contributed by atoms with Crippen LogP contribution in [0.2, 0.25) is 0 Å². The van der Waals surface area contributed by atoms with Gasteiger partial charge < -0.3 is 25.4 Å². The lowest BCUT2D eigenvalue weighted by Gasteiger charge is -2.19. The van der Waals surface area contributed by atoms with Crippen LogP contribution < -0.4 is 10.1 Å². The maximum atomic E-state index is 10.7. The maximum Gasteiger partial charge on any atom is 0.216 e. The van der Waals surface area contributed by atoms with Crippen LogP contribution in [0.15, 0.2) is 12.1 Å². The smallest absolute Gasteiger partial charge is 0.216 e. The summed E-state index contributed by atoms with van der Waals surface area (Å²) in [6.07, 6.45) is -2.33. The molecule has 0 saturated heterocycles. The number of ether oxygens (including phenoxy) is 1. The van der Waals surface area contributed by atoms with Gasteiger partial charge in [0.25, 0.3) is 0 Å². The molecular weight excluding hydrogens is 365 g/mol. The molecule has 4 N–H and O–H groups in total. The van der Waals surface area contributed by atoms with Crippen molar-refractivity contribution in [1.29, 1.82) is 0 Å². The number of hydrogen-bond acceptors (Lipinski definition) is 5. The molecule has 0 radical (unpaired) electrons. The van der Waals surface area contributed by atoms with Gasteiger partial charge in [-0.1, -0.05) is 0 Å². The summed E-state index contributed by atoms with van der Waals surface area (Å²) in [6, 6.07) is 2.99. The number of rotatable bonds is 5. The standard InChI is InChI=1S/C12H16INO5/c1-6(15)14-5-9(16)11(17)7-3-8(13)12(18)10(4-7)19-2/h3-4,9,11,16-18H,5H2,1-2H3,(H,14,15). The van der Waals surface area contributed by atoms with Crippen molar-refractivity contribution < 1.29 is 24.9 Å². The topological polar surface area (TPSA) is 99.0 Å². The number of methoxy groups -OCH3 is 1. The summed E-state index contributed by atoms with van der Waals surface area (Å²) < 4.78 is 5.48. The van der Waals surface area contributed by atoms with Gasteiger partial charge in [0.15, 0.2) is 11.5 Å². The lowest BCUT2D eigenvalue weighted by Crippen LogP contribution is -2.34. The molecule has 0 aliphatic rings. The van der Waals surface area contributed by atoms with Gasteiger partial charge in [0, 0.05) is 13.5 Å². The Hall–Kier alpha value is -1.06. The zero-order valence-electron chi connectivity index (χ0n) is 10.6. The first-order valence-electron chi connectivity index (χ1n) is 5.53. The van der Waals surface area contributed by atoms with Crippen molar-refractivity contribution in [2.24, 2.45) is 0 Å². The molecule has 7 heteroatoms.